The van der Waals surface area contributed by atoms with Gasteiger partial charge in [0.15, 0.2) is 0 Å². The number of carbonyl (C=O) groups is 1. The van der Waals surface area contributed by atoms with Crippen LogP contribution < -0.4 is 5.32 Å². The highest BCUT2D eigenvalue weighted by Crippen LogP contribution is 2.31. The predicted molar refractivity (Wildman–Crippen MR) is 99.4 cm³/mol. The fraction of sp³-hybridized carbons (Fsp3) is 0.333. The minimum absolute atomic E-state index is 0.0812. The lowest BCUT2D eigenvalue weighted by atomic mass is 9.91. The maximum atomic E-state index is 12.7. The average molecular weight is 333 g/mol. The highest BCUT2D eigenvalue weighted by molar-refractivity contribution is 5.89. The molecule has 1 aliphatic rings. The third-order valence-electron chi connectivity index (χ3n) is 4.86. The van der Waals surface area contributed by atoms with Gasteiger partial charge in [0.05, 0.1) is 18.0 Å². The zero-order chi connectivity index (χ0) is 17.6. The van der Waals surface area contributed by atoms with Crippen LogP contribution >= 0.6 is 0 Å². The topological polar surface area (TPSA) is 56.1 Å². The molecule has 0 saturated carbocycles. The summed E-state index contributed by atoms with van der Waals surface area (Å²) in [7, 11) is 0. The Morgan fingerprint density at radius 3 is 2.60 bits per heavy atom. The Balaban J connectivity index is 1.73. The van der Waals surface area contributed by atoms with Crippen LogP contribution in [0.5, 0.6) is 0 Å². The molecule has 0 aromatic heterocycles. The molecule has 1 heterocycles. The maximum absolute atomic E-state index is 12.7. The molecule has 1 aliphatic heterocycles. The van der Waals surface area contributed by atoms with Crippen molar-refractivity contribution in [1.29, 1.82) is 5.26 Å². The van der Waals surface area contributed by atoms with Gasteiger partial charge in [0.2, 0.25) is 0 Å². The van der Waals surface area contributed by atoms with Crippen molar-refractivity contribution in [2.75, 3.05) is 11.9 Å². The Morgan fingerprint density at radius 1 is 1.24 bits per heavy atom. The van der Waals surface area contributed by atoms with Crippen LogP contribution in [0.15, 0.2) is 54.6 Å². The smallest absolute Gasteiger partial charge is 0.320 e. The van der Waals surface area contributed by atoms with E-state index >= 15 is 0 Å². The van der Waals surface area contributed by atoms with E-state index in [0.717, 1.165) is 30.5 Å². The summed E-state index contributed by atoms with van der Waals surface area (Å²) in [5.41, 5.74) is 3.01. The van der Waals surface area contributed by atoms with Crippen LogP contribution in [0.3, 0.4) is 0 Å². The summed E-state index contributed by atoms with van der Waals surface area (Å²) in [5, 5.41) is 12.7. The zero-order valence-corrected chi connectivity index (χ0v) is 14.5. The van der Waals surface area contributed by atoms with Crippen LogP contribution in [-0.2, 0) is 6.42 Å². The highest BCUT2D eigenvalue weighted by Gasteiger charge is 2.35. The summed E-state index contributed by atoms with van der Waals surface area (Å²) in [6.45, 7) is 2.79. The first-order valence-electron chi connectivity index (χ1n) is 8.84. The molecule has 0 radical (unpaired) electrons. The Labute approximate surface area is 149 Å². The van der Waals surface area contributed by atoms with E-state index < -0.39 is 0 Å². The van der Waals surface area contributed by atoms with E-state index in [4.69, 9.17) is 0 Å². The molecular formula is C21H23N3O. The summed E-state index contributed by atoms with van der Waals surface area (Å²) in [5.74, 6) is -0.295. The lowest BCUT2D eigenvalue weighted by Crippen LogP contribution is -2.41. The summed E-state index contributed by atoms with van der Waals surface area (Å²) >= 11 is 0. The lowest BCUT2D eigenvalue weighted by molar-refractivity contribution is 0.203. The molecule has 4 heteroatoms. The molecule has 0 aliphatic carbocycles. The SMILES string of the molecule is CCc1ccc(NC(=O)N2CCCC2C(C#N)c2ccccc2)cc1. The molecule has 0 spiro atoms. The number of nitrogens with one attached hydrogen (secondary N) is 1. The molecule has 2 amide bonds. The van der Waals surface area contributed by atoms with Crippen molar-refractivity contribution in [2.45, 2.75) is 38.1 Å². The number of anilines is 1. The molecule has 1 saturated heterocycles. The molecule has 4 nitrogen and oxygen atoms in total. The van der Waals surface area contributed by atoms with Gasteiger partial charge in [-0.3, -0.25) is 0 Å². The number of likely N-dealkylation sites (tertiary alicyclic amines) is 1. The first-order chi connectivity index (χ1) is 12.2. The Bertz CT molecular complexity index is 749. The van der Waals surface area contributed by atoms with E-state index in [1.54, 1.807) is 0 Å². The first-order valence-corrected chi connectivity index (χ1v) is 8.84. The van der Waals surface area contributed by atoms with Gasteiger partial charge in [-0.25, -0.2) is 4.79 Å². The second-order valence-corrected chi connectivity index (χ2v) is 6.40. The van der Waals surface area contributed by atoms with Gasteiger partial charge in [-0.15, -0.1) is 0 Å². The van der Waals surface area contributed by atoms with Crippen molar-refractivity contribution < 1.29 is 4.79 Å². The molecule has 128 valence electrons. The number of hydrogen-bond acceptors (Lipinski definition) is 2. The van der Waals surface area contributed by atoms with Crippen LogP contribution in [0, 0.1) is 11.3 Å². The van der Waals surface area contributed by atoms with Crippen molar-refractivity contribution in [1.82, 2.24) is 4.90 Å². The minimum Gasteiger partial charge on any atom is -0.320 e. The van der Waals surface area contributed by atoms with Gasteiger partial charge in [-0.2, -0.15) is 5.26 Å². The third kappa shape index (κ3) is 3.83. The first kappa shape index (κ1) is 17.0. The molecule has 2 atom stereocenters. The van der Waals surface area contributed by atoms with Crippen molar-refractivity contribution in [3.63, 3.8) is 0 Å². The number of nitrogens with zero attached hydrogens (tertiary/aromatic N) is 2. The van der Waals surface area contributed by atoms with Gasteiger partial charge in [-0.05, 0) is 42.5 Å². The molecular weight excluding hydrogens is 310 g/mol. The number of rotatable bonds is 4. The molecule has 1 fully saturated rings. The average Bonchev–Trinajstić information content (AvgIpc) is 3.13. The molecule has 2 aromatic carbocycles. The molecule has 1 N–H and O–H groups in total. The van der Waals surface area contributed by atoms with Crippen LogP contribution in [-0.4, -0.2) is 23.5 Å². The number of hydrogen-bond donors (Lipinski definition) is 1. The van der Waals surface area contributed by atoms with Crippen molar-refractivity contribution in [3.05, 3.63) is 65.7 Å². The standard InChI is InChI=1S/C21H23N3O/c1-2-16-10-12-18(13-11-16)23-21(25)24-14-6-9-20(24)19(15-22)17-7-4-3-5-8-17/h3-5,7-8,10-13,19-20H,2,6,9,14H2,1H3,(H,23,25). The Morgan fingerprint density at radius 2 is 1.96 bits per heavy atom. The van der Waals surface area contributed by atoms with Crippen LogP contribution in [0.2, 0.25) is 0 Å². The van der Waals surface area contributed by atoms with E-state index in [0.29, 0.717) is 6.54 Å². The van der Waals surface area contributed by atoms with Gasteiger partial charge in [0, 0.05) is 12.2 Å². The zero-order valence-electron chi connectivity index (χ0n) is 14.5. The van der Waals surface area contributed by atoms with Crippen LogP contribution in [0.4, 0.5) is 10.5 Å². The van der Waals surface area contributed by atoms with E-state index in [2.05, 4.69) is 18.3 Å². The summed E-state index contributed by atoms with van der Waals surface area (Å²) in [6.07, 6.45) is 2.76. The van der Waals surface area contributed by atoms with E-state index in [9.17, 15) is 10.1 Å². The van der Waals surface area contributed by atoms with Gasteiger partial charge < -0.3 is 10.2 Å². The van der Waals surface area contributed by atoms with E-state index in [-0.39, 0.29) is 18.0 Å². The number of nitriles is 1. The Hall–Kier alpha value is -2.80. The third-order valence-corrected chi connectivity index (χ3v) is 4.86. The number of urea groups is 1. The number of amides is 2. The van der Waals surface area contributed by atoms with Gasteiger partial charge >= 0.3 is 6.03 Å². The minimum atomic E-state index is -0.295. The molecule has 3 rings (SSSR count). The maximum Gasteiger partial charge on any atom is 0.322 e. The van der Waals surface area contributed by atoms with E-state index in [1.807, 2.05) is 59.5 Å². The number of carbonyl (C=O) groups excluding carboxylic acids is 1. The van der Waals surface area contributed by atoms with Crippen LogP contribution in [0.25, 0.3) is 0 Å². The Kier molecular flexibility index (Phi) is 5.35. The molecule has 0 bridgehead atoms. The predicted octanol–water partition coefficient (Wildman–Crippen LogP) is 4.55. The monoisotopic (exact) mass is 333 g/mol. The molecule has 25 heavy (non-hydrogen) atoms. The largest absolute Gasteiger partial charge is 0.322 e. The molecule has 2 unspecified atom stereocenters. The molecule has 2 aromatic rings. The van der Waals surface area contributed by atoms with Gasteiger partial charge in [-0.1, -0.05) is 49.4 Å². The van der Waals surface area contributed by atoms with Gasteiger partial charge in [0.1, 0.15) is 0 Å². The summed E-state index contributed by atoms with van der Waals surface area (Å²) < 4.78 is 0. The normalized spacial score (nSPS) is 17.8. The van der Waals surface area contributed by atoms with Crippen molar-refractivity contribution >= 4 is 11.7 Å². The second-order valence-electron chi connectivity index (χ2n) is 6.40. The summed E-state index contributed by atoms with van der Waals surface area (Å²) in [6, 6.07) is 19.9. The summed E-state index contributed by atoms with van der Waals surface area (Å²) in [4.78, 5) is 14.6. The number of aryl methyl sites for hydroxylation is 1. The van der Waals surface area contributed by atoms with Crippen LogP contribution in [0.1, 0.15) is 36.8 Å². The number of benzene rings is 2. The van der Waals surface area contributed by atoms with E-state index in [1.165, 1.54) is 5.56 Å². The fourth-order valence-corrected chi connectivity index (χ4v) is 3.45. The van der Waals surface area contributed by atoms with Crippen molar-refractivity contribution in [2.24, 2.45) is 0 Å². The fourth-order valence-electron chi connectivity index (χ4n) is 3.45. The quantitative estimate of drug-likeness (QED) is 0.892. The highest BCUT2D eigenvalue weighted by atomic mass is 16.2. The second kappa shape index (κ2) is 7.85. The lowest BCUT2D eigenvalue weighted by Gasteiger charge is -2.28. The van der Waals surface area contributed by atoms with Gasteiger partial charge in [0.25, 0.3) is 0 Å². The van der Waals surface area contributed by atoms with Crippen molar-refractivity contribution in [3.8, 4) is 6.07 Å².